The van der Waals surface area contributed by atoms with Crippen molar-refractivity contribution in [3.63, 3.8) is 0 Å². The van der Waals surface area contributed by atoms with Crippen LogP contribution in [0.1, 0.15) is 6.42 Å². The lowest BCUT2D eigenvalue weighted by molar-refractivity contribution is -0.142. The van der Waals surface area contributed by atoms with Crippen LogP contribution in [0.4, 0.5) is 5.69 Å². The van der Waals surface area contributed by atoms with Gasteiger partial charge in [-0.3, -0.25) is 4.79 Å². The van der Waals surface area contributed by atoms with Crippen LogP contribution in [-0.2, 0) is 9.53 Å². The summed E-state index contributed by atoms with van der Waals surface area (Å²) in [6.07, 6.45) is 2.94. The van der Waals surface area contributed by atoms with Crippen molar-refractivity contribution < 1.29 is 14.6 Å². The van der Waals surface area contributed by atoms with E-state index in [1.807, 2.05) is 24.2 Å². The van der Waals surface area contributed by atoms with E-state index in [0.717, 1.165) is 5.69 Å². The Morgan fingerprint density at radius 1 is 1.73 bits per heavy atom. The number of aromatic amines is 1. The van der Waals surface area contributed by atoms with Crippen LogP contribution in [0.25, 0.3) is 0 Å². The SMILES string of the molecule is COC(=O)CC(O)CN(C)c1cc[nH]c1. The smallest absolute Gasteiger partial charge is 0.308 e. The number of likely N-dealkylation sites (N-methyl/N-ethyl adjacent to an activating group) is 1. The third-order valence-electron chi connectivity index (χ3n) is 2.14. The summed E-state index contributed by atoms with van der Waals surface area (Å²) in [5.74, 6) is -0.398. The molecule has 0 saturated heterocycles. The predicted octanol–water partition coefficient (Wildman–Crippen LogP) is 0.375. The van der Waals surface area contributed by atoms with Crippen molar-refractivity contribution in [2.24, 2.45) is 0 Å². The molecule has 0 aliphatic carbocycles. The number of anilines is 1. The number of hydrogen-bond donors (Lipinski definition) is 2. The Bertz CT molecular complexity index is 298. The van der Waals surface area contributed by atoms with Crippen LogP contribution < -0.4 is 4.90 Å². The number of aromatic nitrogens is 1. The molecule has 5 nitrogen and oxygen atoms in total. The van der Waals surface area contributed by atoms with Gasteiger partial charge in [0.1, 0.15) is 0 Å². The lowest BCUT2D eigenvalue weighted by Gasteiger charge is -2.20. The van der Waals surface area contributed by atoms with E-state index in [4.69, 9.17) is 0 Å². The summed E-state index contributed by atoms with van der Waals surface area (Å²) in [7, 11) is 3.16. The molecule has 0 aliphatic heterocycles. The number of carbonyl (C=O) groups excluding carboxylic acids is 1. The van der Waals surface area contributed by atoms with Crippen molar-refractivity contribution in [3.05, 3.63) is 18.5 Å². The molecule has 15 heavy (non-hydrogen) atoms. The average molecular weight is 212 g/mol. The minimum atomic E-state index is -0.711. The van der Waals surface area contributed by atoms with E-state index in [1.54, 1.807) is 6.20 Å². The zero-order chi connectivity index (χ0) is 11.3. The highest BCUT2D eigenvalue weighted by atomic mass is 16.5. The predicted molar refractivity (Wildman–Crippen MR) is 56.7 cm³/mol. The molecule has 0 aromatic carbocycles. The standard InChI is InChI=1S/C10H16N2O3/c1-12(8-3-4-11-6-8)7-9(13)5-10(14)15-2/h3-4,6,9,11,13H,5,7H2,1-2H3. The number of aliphatic hydroxyl groups excluding tert-OH is 1. The molecule has 1 aromatic rings. The fourth-order valence-corrected chi connectivity index (χ4v) is 1.31. The van der Waals surface area contributed by atoms with Gasteiger partial charge in [-0.15, -0.1) is 0 Å². The van der Waals surface area contributed by atoms with Crippen LogP contribution in [0.15, 0.2) is 18.5 Å². The molecular formula is C10H16N2O3. The molecule has 0 bridgehead atoms. The van der Waals surface area contributed by atoms with Crippen molar-refractivity contribution in [1.29, 1.82) is 0 Å². The maximum Gasteiger partial charge on any atom is 0.308 e. The van der Waals surface area contributed by atoms with Crippen LogP contribution in [0.3, 0.4) is 0 Å². The van der Waals surface area contributed by atoms with Crippen molar-refractivity contribution in [2.45, 2.75) is 12.5 Å². The van der Waals surface area contributed by atoms with E-state index in [2.05, 4.69) is 9.72 Å². The van der Waals surface area contributed by atoms with Gasteiger partial charge in [0.25, 0.3) is 0 Å². The minimum Gasteiger partial charge on any atom is -0.469 e. The highest BCUT2D eigenvalue weighted by Gasteiger charge is 2.13. The molecule has 0 spiro atoms. The zero-order valence-electron chi connectivity index (χ0n) is 8.93. The third kappa shape index (κ3) is 3.63. The first-order valence-electron chi connectivity index (χ1n) is 4.72. The summed E-state index contributed by atoms with van der Waals surface area (Å²) < 4.78 is 4.47. The van der Waals surface area contributed by atoms with E-state index in [1.165, 1.54) is 7.11 Å². The summed E-state index contributed by atoms with van der Waals surface area (Å²) in [4.78, 5) is 15.7. The van der Waals surface area contributed by atoms with Gasteiger partial charge in [0.15, 0.2) is 0 Å². The van der Waals surface area contributed by atoms with Crippen molar-refractivity contribution in [2.75, 3.05) is 25.6 Å². The summed E-state index contributed by atoms with van der Waals surface area (Å²) >= 11 is 0. The molecule has 0 fully saturated rings. The van der Waals surface area contributed by atoms with Crippen molar-refractivity contribution in [3.8, 4) is 0 Å². The van der Waals surface area contributed by atoms with Gasteiger partial charge < -0.3 is 19.7 Å². The minimum absolute atomic E-state index is 0.0191. The Hall–Kier alpha value is -1.49. The number of methoxy groups -OCH3 is 1. The number of ether oxygens (including phenoxy) is 1. The van der Waals surface area contributed by atoms with Gasteiger partial charge in [-0.1, -0.05) is 0 Å². The average Bonchev–Trinajstić information content (AvgIpc) is 2.70. The van der Waals surface area contributed by atoms with Crippen LogP contribution in [0.2, 0.25) is 0 Å². The van der Waals surface area contributed by atoms with Crippen LogP contribution in [0.5, 0.6) is 0 Å². The van der Waals surface area contributed by atoms with Crippen molar-refractivity contribution in [1.82, 2.24) is 4.98 Å². The topological polar surface area (TPSA) is 65.6 Å². The molecule has 1 aromatic heterocycles. The Balaban J connectivity index is 2.38. The number of carbonyl (C=O) groups is 1. The largest absolute Gasteiger partial charge is 0.469 e. The second-order valence-corrected chi connectivity index (χ2v) is 3.38. The van der Waals surface area contributed by atoms with Gasteiger partial charge in [-0.05, 0) is 6.07 Å². The van der Waals surface area contributed by atoms with E-state index in [9.17, 15) is 9.90 Å². The Morgan fingerprint density at radius 2 is 2.47 bits per heavy atom. The van der Waals surface area contributed by atoms with E-state index in [0.29, 0.717) is 6.54 Å². The lowest BCUT2D eigenvalue weighted by Crippen LogP contribution is -2.30. The Labute approximate surface area is 88.7 Å². The highest BCUT2D eigenvalue weighted by Crippen LogP contribution is 2.11. The van der Waals surface area contributed by atoms with Gasteiger partial charge in [0, 0.05) is 26.0 Å². The van der Waals surface area contributed by atoms with E-state index < -0.39 is 12.1 Å². The van der Waals surface area contributed by atoms with E-state index >= 15 is 0 Å². The molecule has 0 saturated carbocycles. The maximum atomic E-state index is 10.9. The maximum absolute atomic E-state index is 10.9. The molecule has 84 valence electrons. The number of nitrogens with zero attached hydrogens (tertiary/aromatic N) is 1. The molecule has 1 rings (SSSR count). The molecule has 5 heteroatoms. The third-order valence-corrected chi connectivity index (χ3v) is 2.14. The number of rotatable bonds is 5. The zero-order valence-corrected chi connectivity index (χ0v) is 8.93. The van der Waals surface area contributed by atoms with Gasteiger partial charge in [0.05, 0.1) is 25.3 Å². The lowest BCUT2D eigenvalue weighted by atomic mass is 10.2. The summed E-state index contributed by atoms with van der Waals surface area (Å²) in [5, 5.41) is 9.57. The highest BCUT2D eigenvalue weighted by molar-refractivity contribution is 5.69. The first-order valence-corrected chi connectivity index (χ1v) is 4.72. The second-order valence-electron chi connectivity index (χ2n) is 3.38. The van der Waals surface area contributed by atoms with Crippen LogP contribution >= 0.6 is 0 Å². The number of H-pyrrole nitrogens is 1. The van der Waals surface area contributed by atoms with Crippen molar-refractivity contribution >= 4 is 11.7 Å². The normalized spacial score (nSPS) is 12.2. The molecule has 0 aliphatic rings. The Morgan fingerprint density at radius 3 is 3.00 bits per heavy atom. The number of nitrogens with one attached hydrogen (secondary N) is 1. The molecule has 1 heterocycles. The van der Waals surface area contributed by atoms with Gasteiger partial charge in [-0.25, -0.2) is 0 Å². The summed E-state index contributed by atoms with van der Waals surface area (Å²) in [5.41, 5.74) is 0.971. The Kier molecular flexibility index (Phi) is 4.17. The number of esters is 1. The van der Waals surface area contributed by atoms with E-state index in [-0.39, 0.29) is 6.42 Å². The van der Waals surface area contributed by atoms with Gasteiger partial charge in [0.2, 0.25) is 0 Å². The molecule has 1 unspecified atom stereocenters. The number of hydrogen-bond acceptors (Lipinski definition) is 4. The summed E-state index contributed by atoms with van der Waals surface area (Å²) in [6, 6.07) is 1.89. The molecule has 0 radical (unpaired) electrons. The van der Waals surface area contributed by atoms with Gasteiger partial charge >= 0.3 is 5.97 Å². The monoisotopic (exact) mass is 212 g/mol. The van der Waals surface area contributed by atoms with Gasteiger partial charge in [-0.2, -0.15) is 0 Å². The molecular weight excluding hydrogens is 196 g/mol. The fraction of sp³-hybridized carbons (Fsp3) is 0.500. The molecule has 0 amide bonds. The first kappa shape index (κ1) is 11.6. The van der Waals surface area contributed by atoms with Crippen LogP contribution in [0, 0.1) is 0 Å². The fourth-order valence-electron chi connectivity index (χ4n) is 1.31. The first-order chi connectivity index (χ1) is 7.13. The summed E-state index contributed by atoms with van der Waals surface area (Å²) in [6.45, 7) is 0.396. The van der Waals surface area contributed by atoms with Crippen LogP contribution in [-0.4, -0.2) is 42.9 Å². The number of aliphatic hydroxyl groups is 1. The molecule has 2 N–H and O–H groups in total. The second kappa shape index (κ2) is 5.41. The molecule has 1 atom stereocenters. The quantitative estimate of drug-likeness (QED) is 0.692.